The largest absolute Gasteiger partial charge is 0.349 e. The maximum Gasteiger partial charge on any atom is 0.239 e. The van der Waals surface area contributed by atoms with Gasteiger partial charge in [-0.1, -0.05) is 121 Å². The molecule has 0 radical (unpaired) electrons. The van der Waals surface area contributed by atoms with E-state index in [1.165, 1.54) is 11.1 Å². The molecule has 2 fully saturated rings. The van der Waals surface area contributed by atoms with E-state index in [9.17, 15) is 9.59 Å². The molecule has 2 saturated heterocycles. The van der Waals surface area contributed by atoms with Gasteiger partial charge in [0.15, 0.2) is 0 Å². The number of amides is 2. The summed E-state index contributed by atoms with van der Waals surface area (Å²) in [6, 6.07) is 41.3. The van der Waals surface area contributed by atoms with Gasteiger partial charge < -0.3 is 10.2 Å². The van der Waals surface area contributed by atoms with Crippen LogP contribution in [-0.4, -0.2) is 53.8 Å². The van der Waals surface area contributed by atoms with Crippen LogP contribution < -0.4 is 5.32 Å². The van der Waals surface area contributed by atoms with E-state index < -0.39 is 5.41 Å². The molecule has 4 aromatic rings. The third-order valence-electron chi connectivity index (χ3n) is 8.37. The lowest BCUT2D eigenvalue weighted by Gasteiger charge is -2.45. The van der Waals surface area contributed by atoms with Gasteiger partial charge in [0.2, 0.25) is 11.8 Å². The van der Waals surface area contributed by atoms with Crippen LogP contribution in [0.4, 0.5) is 0 Å². The fourth-order valence-electron chi connectivity index (χ4n) is 6.46. The van der Waals surface area contributed by atoms with Crippen molar-refractivity contribution in [1.82, 2.24) is 15.1 Å². The number of nitrogens with zero attached hydrogens (tertiary/aromatic N) is 2. The lowest BCUT2D eigenvalue weighted by Crippen LogP contribution is -2.62. The topological polar surface area (TPSA) is 52.7 Å². The fourth-order valence-corrected chi connectivity index (χ4v) is 6.46. The summed E-state index contributed by atoms with van der Waals surface area (Å²) in [5, 5.41) is 3.20. The van der Waals surface area contributed by atoms with E-state index in [2.05, 4.69) is 58.7 Å². The maximum absolute atomic E-state index is 14.1. The minimum atomic E-state index is -0.771. The Bertz CT molecular complexity index is 1340. The lowest BCUT2D eigenvalue weighted by molar-refractivity contribution is -0.143. The molecular formula is C35H35N3O2. The number of nitrogens with one attached hydrogen (secondary N) is 1. The first-order chi connectivity index (χ1) is 19.6. The van der Waals surface area contributed by atoms with Gasteiger partial charge in [-0.2, -0.15) is 0 Å². The van der Waals surface area contributed by atoms with Gasteiger partial charge in [-0.05, 0) is 35.1 Å². The zero-order valence-electron chi connectivity index (χ0n) is 22.7. The van der Waals surface area contributed by atoms with Gasteiger partial charge in [0.25, 0.3) is 0 Å². The number of likely N-dealkylation sites (tertiary alicyclic amines) is 2. The van der Waals surface area contributed by atoms with E-state index in [4.69, 9.17) is 0 Å². The standard InChI is InChI=1S/C35H35N3O2/c39-32(36-31-24-38(25-31)33(27-14-5-1-6-15-27)28-16-7-2-8-17-28)26-37-23-13-22-35(34(37)40,29-18-9-3-10-19-29)30-20-11-4-12-21-30/h1-12,14-21,31,33H,13,22-26H2,(H,36,39). The van der Waals surface area contributed by atoms with Crippen molar-refractivity contribution in [2.75, 3.05) is 26.2 Å². The van der Waals surface area contributed by atoms with Gasteiger partial charge in [-0.15, -0.1) is 0 Å². The third kappa shape index (κ3) is 5.05. The van der Waals surface area contributed by atoms with Crippen LogP contribution in [0.1, 0.15) is 41.1 Å². The first-order valence-electron chi connectivity index (χ1n) is 14.2. The molecule has 202 valence electrons. The van der Waals surface area contributed by atoms with E-state index in [1.54, 1.807) is 4.90 Å². The predicted octanol–water partition coefficient (Wildman–Crippen LogP) is 5.19. The molecule has 0 spiro atoms. The average Bonchev–Trinajstić information content (AvgIpc) is 2.99. The van der Waals surface area contributed by atoms with Gasteiger partial charge in [0.05, 0.1) is 24.0 Å². The SMILES string of the molecule is O=C(CN1CCCC(c2ccccc2)(c2ccccc2)C1=O)NC1CN(C(c2ccccc2)c2ccccc2)C1. The minimum absolute atomic E-state index is 0.00903. The molecule has 2 amide bonds. The van der Waals surface area contributed by atoms with Gasteiger partial charge in [0, 0.05) is 19.6 Å². The van der Waals surface area contributed by atoms with Crippen molar-refractivity contribution in [1.29, 1.82) is 0 Å². The Morgan fingerprint density at radius 1 is 0.750 bits per heavy atom. The highest BCUT2D eigenvalue weighted by Crippen LogP contribution is 2.41. The number of rotatable bonds is 8. The molecule has 2 heterocycles. The zero-order valence-corrected chi connectivity index (χ0v) is 22.7. The Hall–Kier alpha value is -4.22. The molecule has 5 heteroatoms. The summed E-state index contributed by atoms with van der Waals surface area (Å²) in [6.07, 6.45) is 1.58. The molecule has 0 unspecified atom stereocenters. The molecule has 0 aliphatic carbocycles. The van der Waals surface area contributed by atoms with Crippen LogP contribution in [0.5, 0.6) is 0 Å². The summed E-state index contributed by atoms with van der Waals surface area (Å²) < 4.78 is 0. The van der Waals surface area contributed by atoms with Gasteiger partial charge in [-0.25, -0.2) is 0 Å². The van der Waals surface area contributed by atoms with Crippen LogP contribution in [0.2, 0.25) is 0 Å². The minimum Gasteiger partial charge on any atom is -0.349 e. The molecule has 2 aliphatic rings. The first kappa shape index (κ1) is 26.0. The summed E-state index contributed by atoms with van der Waals surface area (Å²) in [5.74, 6) is -0.0827. The summed E-state index contributed by atoms with van der Waals surface area (Å²) in [7, 11) is 0. The molecule has 0 saturated carbocycles. The smallest absolute Gasteiger partial charge is 0.239 e. The van der Waals surface area contributed by atoms with E-state index in [1.807, 2.05) is 72.8 Å². The van der Waals surface area contributed by atoms with Crippen molar-refractivity contribution in [3.63, 3.8) is 0 Å². The van der Waals surface area contributed by atoms with E-state index >= 15 is 0 Å². The van der Waals surface area contributed by atoms with Crippen LogP contribution in [0.15, 0.2) is 121 Å². The Labute approximate surface area is 236 Å². The maximum atomic E-state index is 14.1. The Balaban J connectivity index is 1.13. The van der Waals surface area contributed by atoms with E-state index in [0.717, 1.165) is 37.1 Å². The Morgan fingerprint density at radius 2 is 1.23 bits per heavy atom. The molecule has 0 aromatic heterocycles. The molecule has 40 heavy (non-hydrogen) atoms. The van der Waals surface area contributed by atoms with Crippen molar-refractivity contribution >= 4 is 11.8 Å². The number of carbonyl (C=O) groups excluding carboxylic acids is 2. The van der Waals surface area contributed by atoms with Crippen LogP contribution in [0, 0.1) is 0 Å². The lowest BCUT2D eigenvalue weighted by atomic mass is 9.68. The molecule has 0 bridgehead atoms. The van der Waals surface area contributed by atoms with Gasteiger partial charge >= 0.3 is 0 Å². The van der Waals surface area contributed by atoms with E-state index in [0.29, 0.717) is 6.54 Å². The molecule has 2 aliphatic heterocycles. The zero-order chi connectivity index (χ0) is 27.4. The highest BCUT2D eigenvalue weighted by molar-refractivity contribution is 5.95. The van der Waals surface area contributed by atoms with Crippen molar-refractivity contribution in [2.24, 2.45) is 0 Å². The quantitative estimate of drug-likeness (QED) is 0.342. The van der Waals surface area contributed by atoms with Crippen LogP contribution in [0.3, 0.4) is 0 Å². The highest BCUT2D eigenvalue weighted by atomic mass is 16.2. The Kier molecular flexibility index (Phi) is 7.47. The van der Waals surface area contributed by atoms with Crippen molar-refractivity contribution in [3.05, 3.63) is 144 Å². The van der Waals surface area contributed by atoms with Crippen LogP contribution in [-0.2, 0) is 15.0 Å². The Morgan fingerprint density at radius 3 is 1.73 bits per heavy atom. The van der Waals surface area contributed by atoms with Gasteiger partial charge in [-0.3, -0.25) is 14.5 Å². The molecule has 6 rings (SSSR count). The monoisotopic (exact) mass is 529 g/mol. The fraction of sp³-hybridized carbons (Fsp3) is 0.257. The van der Waals surface area contributed by atoms with Crippen LogP contribution >= 0.6 is 0 Å². The first-order valence-corrected chi connectivity index (χ1v) is 14.2. The molecule has 0 atom stereocenters. The number of benzene rings is 4. The third-order valence-corrected chi connectivity index (χ3v) is 8.37. The summed E-state index contributed by atoms with van der Waals surface area (Å²) >= 11 is 0. The highest BCUT2D eigenvalue weighted by Gasteiger charge is 2.47. The molecule has 4 aromatic carbocycles. The van der Waals surface area contributed by atoms with Gasteiger partial charge in [0.1, 0.15) is 0 Å². The second kappa shape index (κ2) is 11.5. The number of piperidine rings is 1. The van der Waals surface area contributed by atoms with Crippen LogP contribution in [0.25, 0.3) is 0 Å². The van der Waals surface area contributed by atoms with Crippen molar-refractivity contribution in [2.45, 2.75) is 30.3 Å². The second-order valence-corrected chi connectivity index (χ2v) is 10.9. The summed E-state index contributed by atoms with van der Waals surface area (Å²) in [4.78, 5) is 31.5. The molecular weight excluding hydrogens is 494 g/mol. The molecule has 5 nitrogen and oxygen atoms in total. The van der Waals surface area contributed by atoms with Crippen molar-refractivity contribution in [3.8, 4) is 0 Å². The number of carbonyl (C=O) groups is 2. The predicted molar refractivity (Wildman–Crippen MR) is 158 cm³/mol. The second-order valence-electron chi connectivity index (χ2n) is 10.9. The normalized spacial score (nSPS) is 17.4. The number of hydrogen-bond donors (Lipinski definition) is 1. The summed E-state index contributed by atoms with van der Waals surface area (Å²) in [6.45, 7) is 2.21. The van der Waals surface area contributed by atoms with E-state index in [-0.39, 0.29) is 30.4 Å². The number of hydrogen-bond acceptors (Lipinski definition) is 3. The van der Waals surface area contributed by atoms with Crippen molar-refractivity contribution < 1.29 is 9.59 Å². The average molecular weight is 530 g/mol. The summed E-state index contributed by atoms with van der Waals surface area (Å²) in [5.41, 5.74) is 3.69. The molecule has 1 N–H and O–H groups in total.